The van der Waals surface area contributed by atoms with Crippen LogP contribution in [0.25, 0.3) is 0 Å². The fourth-order valence-corrected chi connectivity index (χ4v) is 3.00. The second-order valence-corrected chi connectivity index (χ2v) is 7.28. The average Bonchev–Trinajstić information content (AvgIpc) is 2.43. The third kappa shape index (κ3) is 18.3. The SMILES string of the molecule is CC(C)CCCCCCCCCCCCCCCSO. The molecule has 2 heteroatoms. The third-order valence-electron chi connectivity index (χ3n) is 4.02. The van der Waals surface area contributed by atoms with Gasteiger partial charge >= 0.3 is 0 Å². The molecule has 0 unspecified atom stereocenters. The molecule has 0 aliphatic heterocycles. The molecule has 0 rings (SSSR count). The molecule has 0 aromatic carbocycles. The van der Waals surface area contributed by atoms with E-state index >= 15 is 0 Å². The zero-order valence-corrected chi connectivity index (χ0v) is 14.9. The van der Waals surface area contributed by atoms with E-state index in [1.54, 1.807) is 0 Å². The predicted octanol–water partition coefficient (Wildman–Crippen LogP) is 7.31. The van der Waals surface area contributed by atoms with Crippen molar-refractivity contribution in [1.29, 1.82) is 0 Å². The molecule has 1 nitrogen and oxygen atoms in total. The highest BCUT2D eigenvalue weighted by molar-refractivity contribution is 7.93. The van der Waals surface area contributed by atoms with Gasteiger partial charge in [-0.05, 0) is 24.4 Å². The predicted molar refractivity (Wildman–Crippen MR) is 94.6 cm³/mol. The fourth-order valence-electron chi connectivity index (χ4n) is 2.66. The van der Waals surface area contributed by atoms with Crippen molar-refractivity contribution in [2.75, 3.05) is 5.75 Å². The van der Waals surface area contributed by atoms with E-state index in [1.165, 1.54) is 89.9 Å². The summed E-state index contributed by atoms with van der Waals surface area (Å²) in [6.07, 6.45) is 19.6. The van der Waals surface area contributed by atoms with Gasteiger partial charge in [-0.1, -0.05) is 97.3 Å². The van der Waals surface area contributed by atoms with Crippen LogP contribution in [0.3, 0.4) is 0 Å². The topological polar surface area (TPSA) is 20.2 Å². The first-order valence-corrected chi connectivity index (χ1v) is 9.98. The first kappa shape index (κ1) is 20.3. The van der Waals surface area contributed by atoms with Gasteiger partial charge in [0.25, 0.3) is 0 Å². The summed E-state index contributed by atoms with van der Waals surface area (Å²) in [5.74, 6) is 1.80. The van der Waals surface area contributed by atoms with Crippen molar-refractivity contribution in [2.45, 2.75) is 104 Å². The van der Waals surface area contributed by atoms with Gasteiger partial charge in [0.1, 0.15) is 0 Å². The second-order valence-electron chi connectivity index (χ2n) is 6.61. The molecule has 1 N–H and O–H groups in total. The third-order valence-corrected chi connectivity index (χ3v) is 4.49. The normalized spacial score (nSPS) is 11.4. The molecule has 20 heavy (non-hydrogen) atoms. The molecular weight excluding hydrogens is 264 g/mol. The molecule has 0 spiro atoms. The maximum atomic E-state index is 8.60. The van der Waals surface area contributed by atoms with Crippen LogP contribution in [0.5, 0.6) is 0 Å². The summed E-state index contributed by atoms with van der Waals surface area (Å²) in [5.41, 5.74) is 0. The van der Waals surface area contributed by atoms with E-state index < -0.39 is 0 Å². The Bertz CT molecular complexity index is 171. The molecule has 0 saturated carbocycles. The Morgan fingerprint density at radius 1 is 0.600 bits per heavy atom. The second kappa shape index (κ2) is 17.4. The lowest BCUT2D eigenvalue weighted by Crippen LogP contribution is -1.87. The quantitative estimate of drug-likeness (QED) is 0.238. The number of unbranched alkanes of at least 4 members (excludes halogenated alkanes) is 12. The summed E-state index contributed by atoms with van der Waals surface area (Å²) < 4.78 is 8.60. The van der Waals surface area contributed by atoms with Crippen LogP contribution in [0.15, 0.2) is 0 Å². The van der Waals surface area contributed by atoms with Crippen LogP contribution in [-0.4, -0.2) is 10.3 Å². The largest absolute Gasteiger partial charge is 0.330 e. The Morgan fingerprint density at radius 3 is 1.30 bits per heavy atom. The summed E-state index contributed by atoms with van der Waals surface area (Å²) in [6, 6.07) is 0. The Labute approximate surface area is 132 Å². The van der Waals surface area contributed by atoms with Gasteiger partial charge in [0.15, 0.2) is 0 Å². The molecule has 0 saturated heterocycles. The average molecular weight is 303 g/mol. The van der Waals surface area contributed by atoms with Crippen molar-refractivity contribution < 1.29 is 4.55 Å². The van der Waals surface area contributed by atoms with Crippen molar-refractivity contribution in [3.63, 3.8) is 0 Å². The number of rotatable bonds is 16. The van der Waals surface area contributed by atoms with E-state index in [0.29, 0.717) is 0 Å². The van der Waals surface area contributed by atoms with Gasteiger partial charge in [0.2, 0.25) is 0 Å². The van der Waals surface area contributed by atoms with Crippen LogP contribution in [0.1, 0.15) is 104 Å². The Morgan fingerprint density at radius 2 is 0.950 bits per heavy atom. The van der Waals surface area contributed by atoms with Crippen molar-refractivity contribution in [2.24, 2.45) is 5.92 Å². The highest BCUT2D eigenvalue weighted by atomic mass is 32.2. The highest BCUT2D eigenvalue weighted by Crippen LogP contribution is 2.14. The van der Waals surface area contributed by atoms with Crippen LogP contribution in [-0.2, 0) is 0 Å². The molecule has 0 atom stereocenters. The van der Waals surface area contributed by atoms with E-state index in [1.807, 2.05) is 0 Å². The molecule has 0 fully saturated rings. The molecule has 0 aromatic rings. The van der Waals surface area contributed by atoms with Crippen molar-refractivity contribution in [3.05, 3.63) is 0 Å². The summed E-state index contributed by atoms with van der Waals surface area (Å²) in [5, 5.41) is 0. The smallest absolute Gasteiger partial charge is 0.0195 e. The minimum absolute atomic E-state index is 0.886. The van der Waals surface area contributed by atoms with Crippen LogP contribution in [0.4, 0.5) is 0 Å². The van der Waals surface area contributed by atoms with Crippen LogP contribution < -0.4 is 0 Å². The van der Waals surface area contributed by atoms with Gasteiger partial charge in [0.05, 0.1) is 0 Å². The molecule has 0 radical (unpaired) electrons. The molecule has 0 aliphatic rings. The lowest BCUT2D eigenvalue weighted by Gasteiger charge is -2.04. The molecule has 0 aliphatic carbocycles. The van der Waals surface area contributed by atoms with E-state index in [0.717, 1.165) is 23.7 Å². The van der Waals surface area contributed by atoms with Crippen LogP contribution >= 0.6 is 12.0 Å². The lowest BCUT2D eigenvalue weighted by atomic mass is 10.0. The maximum Gasteiger partial charge on any atom is 0.0195 e. The van der Waals surface area contributed by atoms with E-state index in [4.69, 9.17) is 4.55 Å². The summed E-state index contributed by atoms with van der Waals surface area (Å²) in [6.45, 7) is 4.65. The van der Waals surface area contributed by atoms with Crippen LogP contribution in [0, 0.1) is 5.92 Å². The maximum absolute atomic E-state index is 8.60. The van der Waals surface area contributed by atoms with Gasteiger partial charge in [-0.15, -0.1) is 0 Å². The highest BCUT2D eigenvalue weighted by Gasteiger charge is 1.96. The molecule has 122 valence electrons. The zero-order chi connectivity index (χ0) is 14.9. The Balaban J connectivity index is 2.92. The molecule has 0 amide bonds. The summed E-state index contributed by atoms with van der Waals surface area (Å²) >= 11 is 0.987. The molecule has 0 heterocycles. The van der Waals surface area contributed by atoms with Gasteiger partial charge < -0.3 is 4.55 Å². The fraction of sp³-hybridized carbons (Fsp3) is 1.00. The summed E-state index contributed by atoms with van der Waals surface area (Å²) in [4.78, 5) is 0. The van der Waals surface area contributed by atoms with E-state index in [9.17, 15) is 0 Å². The van der Waals surface area contributed by atoms with Gasteiger partial charge in [-0.3, -0.25) is 0 Å². The Hall–Kier alpha value is 0.310. The minimum atomic E-state index is 0.886. The zero-order valence-electron chi connectivity index (χ0n) is 14.0. The van der Waals surface area contributed by atoms with Gasteiger partial charge in [0, 0.05) is 5.75 Å². The number of hydrogen-bond acceptors (Lipinski definition) is 2. The van der Waals surface area contributed by atoms with E-state index in [-0.39, 0.29) is 0 Å². The first-order valence-electron chi connectivity index (χ1n) is 9.03. The minimum Gasteiger partial charge on any atom is -0.330 e. The van der Waals surface area contributed by atoms with Crippen molar-refractivity contribution in [1.82, 2.24) is 0 Å². The molecule has 0 bridgehead atoms. The van der Waals surface area contributed by atoms with Crippen molar-refractivity contribution in [3.8, 4) is 0 Å². The van der Waals surface area contributed by atoms with Crippen molar-refractivity contribution >= 4 is 12.0 Å². The monoisotopic (exact) mass is 302 g/mol. The molecule has 0 aromatic heterocycles. The number of hydrogen-bond donors (Lipinski definition) is 1. The van der Waals surface area contributed by atoms with Crippen LogP contribution in [0.2, 0.25) is 0 Å². The van der Waals surface area contributed by atoms with Gasteiger partial charge in [-0.25, -0.2) is 0 Å². The lowest BCUT2D eigenvalue weighted by molar-refractivity contribution is 0.503. The van der Waals surface area contributed by atoms with E-state index in [2.05, 4.69) is 13.8 Å². The summed E-state index contributed by atoms with van der Waals surface area (Å²) in [7, 11) is 0. The standard InChI is InChI=1S/C18H38OS/c1-18(2)16-14-12-10-8-6-4-3-5-7-9-11-13-15-17-20-19/h18-19H,3-17H2,1-2H3. The first-order chi connectivity index (χ1) is 9.77. The molecular formula is C18H38OS. The van der Waals surface area contributed by atoms with Gasteiger partial charge in [-0.2, -0.15) is 0 Å². The Kier molecular flexibility index (Phi) is 17.6.